The minimum Gasteiger partial charge on any atom is -0.309 e. The third-order valence-electron chi connectivity index (χ3n) is 12.5. The lowest BCUT2D eigenvalue weighted by molar-refractivity contribution is 1.18. The maximum absolute atomic E-state index is 2.43. The van der Waals surface area contributed by atoms with Crippen LogP contribution < -0.4 is 0 Å². The number of aromatic nitrogens is 2. The van der Waals surface area contributed by atoms with E-state index in [9.17, 15) is 0 Å². The Labute approximate surface area is 360 Å². The number of rotatable bonds is 7. The molecule has 0 aliphatic rings. The largest absolute Gasteiger partial charge is 0.309 e. The van der Waals surface area contributed by atoms with E-state index in [0.29, 0.717) is 0 Å². The molecule has 0 spiro atoms. The molecule has 12 rings (SSSR count). The van der Waals surface area contributed by atoms with Gasteiger partial charge in [-0.3, -0.25) is 0 Å². The normalized spacial score (nSPS) is 11.5. The van der Waals surface area contributed by atoms with E-state index >= 15 is 0 Å². The minimum atomic E-state index is 1.13. The van der Waals surface area contributed by atoms with Gasteiger partial charge in [-0.2, -0.15) is 0 Å². The first-order valence-corrected chi connectivity index (χ1v) is 21.3. The second-order valence-corrected chi connectivity index (χ2v) is 16.2. The molecule has 10 aromatic carbocycles. The van der Waals surface area contributed by atoms with E-state index in [1.54, 1.807) is 0 Å². The van der Waals surface area contributed by atoms with Crippen LogP contribution >= 0.6 is 0 Å². The zero-order valence-electron chi connectivity index (χ0n) is 34.0. The second kappa shape index (κ2) is 14.8. The maximum atomic E-state index is 2.43. The summed E-state index contributed by atoms with van der Waals surface area (Å²) in [6.07, 6.45) is 0. The monoisotopic (exact) mass is 788 g/mol. The molecule has 290 valence electrons. The van der Waals surface area contributed by atoms with E-state index in [4.69, 9.17) is 0 Å². The minimum absolute atomic E-state index is 1.13. The molecule has 62 heavy (non-hydrogen) atoms. The van der Waals surface area contributed by atoms with Crippen molar-refractivity contribution in [2.45, 2.75) is 0 Å². The predicted molar refractivity (Wildman–Crippen MR) is 262 cm³/mol. The average molecular weight is 789 g/mol. The van der Waals surface area contributed by atoms with Crippen molar-refractivity contribution in [3.63, 3.8) is 0 Å². The van der Waals surface area contributed by atoms with Crippen LogP contribution in [0.5, 0.6) is 0 Å². The molecule has 0 amide bonds. The lowest BCUT2D eigenvalue weighted by atomic mass is 9.93. The first-order valence-electron chi connectivity index (χ1n) is 21.3. The van der Waals surface area contributed by atoms with Gasteiger partial charge in [-0.1, -0.05) is 176 Å². The fourth-order valence-electron chi connectivity index (χ4n) is 9.48. The maximum Gasteiger partial charge on any atom is 0.0547 e. The van der Waals surface area contributed by atoms with Gasteiger partial charge in [-0.25, -0.2) is 0 Å². The van der Waals surface area contributed by atoms with Gasteiger partial charge >= 0.3 is 0 Å². The van der Waals surface area contributed by atoms with Crippen molar-refractivity contribution in [1.29, 1.82) is 0 Å². The van der Waals surface area contributed by atoms with Crippen molar-refractivity contribution in [2.75, 3.05) is 0 Å². The van der Waals surface area contributed by atoms with E-state index in [2.05, 4.69) is 252 Å². The van der Waals surface area contributed by atoms with E-state index in [1.807, 2.05) is 0 Å². The zero-order chi connectivity index (χ0) is 41.0. The molecule has 0 saturated heterocycles. The average Bonchev–Trinajstić information content (AvgIpc) is 3.87. The van der Waals surface area contributed by atoms with Crippen LogP contribution in [0.25, 0.3) is 111 Å². The molecule has 2 aromatic heterocycles. The fourth-order valence-corrected chi connectivity index (χ4v) is 9.48. The number of nitrogens with zero attached hydrogens (tertiary/aromatic N) is 2. The summed E-state index contributed by atoms with van der Waals surface area (Å²) in [6, 6.07) is 88.4. The highest BCUT2D eigenvalue weighted by molar-refractivity contribution is 6.12. The van der Waals surface area contributed by atoms with Crippen LogP contribution in [0.4, 0.5) is 0 Å². The molecule has 0 N–H and O–H groups in total. The Bertz CT molecular complexity index is 3520. The Hall–Kier alpha value is -8.20. The van der Waals surface area contributed by atoms with E-state index in [-0.39, 0.29) is 0 Å². The molecule has 0 bridgehead atoms. The summed E-state index contributed by atoms with van der Waals surface area (Å²) in [5, 5.41) is 4.99. The van der Waals surface area contributed by atoms with E-state index in [0.717, 1.165) is 11.4 Å². The molecule has 0 saturated carbocycles. The second-order valence-electron chi connectivity index (χ2n) is 16.2. The van der Waals surface area contributed by atoms with Crippen LogP contribution in [-0.2, 0) is 0 Å². The molecule has 2 heteroatoms. The smallest absolute Gasteiger partial charge is 0.0547 e. The van der Waals surface area contributed by atoms with Crippen molar-refractivity contribution in [2.24, 2.45) is 0 Å². The highest BCUT2D eigenvalue weighted by Gasteiger charge is 2.17. The quantitative estimate of drug-likeness (QED) is 0.152. The Morgan fingerprint density at radius 1 is 0.177 bits per heavy atom. The number of hydrogen-bond donors (Lipinski definition) is 0. The molecular weight excluding hydrogens is 749 g/mol. The molecule has 0 aliphatic carbocycles. The summed E-state index contributed by atoms with van der Waals surface area (Å²) >= 11 is 0. The summed E-state index contributed by atoms with van der Waals surface area (Å²) in [5.74, 6) is 0. The molecule has 2 nitrogen and oxygen atoms in total. The summed E-state index contributed by atoms with van der Waals surface area (Å²) in [4.78, 5) is 0. The third kappa shape index (κ3) is 6.12. The molecule has 0 unspecified atom stereocenters. The fraction of sp³-hybridized carbons (Fsp3) is 0. The van der Waals surface area contributed by atoms with Gasteiger partial charge in [0.1, 0.15) is 0 Å². The van der Waals surface area contributed by atoms with Crippen molar-refractivity contribution < 1.29 is 0 Å². The third-order valence-corrected chi connectivity index (χ3v) is 12.5. The molecule has 0 aliphatic heterocycles. The van der Waals surface area contributed by atoms with Gasteiger partial charge in [0, 0.05) is 32.9 Å². The summed E-state index contributed by atoms with van der Waals surface area (Å²) < 4.78 is 4.84. The summed E-state index contributed by atoms with van der Waals surface area (Å²) in [6.45, 7) is 0. The van der Waals surface area contributed by atoms with Crippen LogP contribution in [0, 0.1) is 0 Å². The van der Waals surface area contributed by atoms with Gasteiger partial charge < -0.3 is 9.13 Å². The van der Waals surface area contributed by atoms with Gasteiger partial charge in [0.05, 0.1) is 22.1 Å². The van der Waals surface area contributed by atoms with Crippen molar-refractivity contribution >= 4 is 43.6 Å². The number of para-hydroxylation sites is 2. The number of fused-ring (bicyclic) bond motifs is 6. The van der Waals surface area contributed by atoms with E-state index in [1.165, 1.54) is 99.2 Å². The molecule has 12 aromatic rings. The van der Waals surface area contributed by atoms with Crippen LogP contribution in [0.3, 0.4) is 0 Å². The van der Waals surface area contributed by atoms with Crippen molar-refractivity contribution in [3.8, 4) is 67.0 Å². The number of benzene rings is 10. The Morgan fingerprint density at radius 2 is 0.468 bits per heavy atom. The van der Waals surface area contributed by atoms with Crippen LogP contribution in [-0.4, -0.2) is 9.13 Å². The Morgan fingerprint density at radius 3 is 0.871 bits per heavy atom. The van der Waals surface area contributed by atoms with Gasteiger partial charge in [0.2, 0.25) is 0 Å². The molecule has 0 atom stereocenters. The van der Waals surface area contributed by atoms with Gasteiger partial charge in [0.15, 0.2) is 0 Å². The molecule has 0 fully saturated rings. The predicted octanol–water partition coefficient (Wildman–Crippen LogP) is 16.2. The Balaban J connectivity index is 0.967. The van der Waals surface area contributed by atoms with E-state index < -0.39 is 0 Å². The lowest BCUT2D eigenvalue weighted by Crippen LogP contribution is -1.95. The summed E-state index contributed by atoms with van der Waals surface area (Å²) in [5.41, 5.74) is 19.1. The van der Waals surface area contributed by atoms with Crippen LogP contribution in [0.15, 0.2) is 243 Å². The van der Waals surface area contributed by atoms with Crippen molar-refractivity contribution in [3.05, 3.63) is 243 Å². The first-order chi connectivity index (χ1) is 30.7. The first kappa shape index (κ1) is 35.7. The highest BCUT2D eigenvalue weighted by atomic mass is 15.0. The lowest BCUT2D eigenvalue weighted by Gasteiger charge is -2.13. The van der Waals surface area contributed by atoms with Gasteiger partial charge in [-0.05, 0) is 122 Å². The van der Waals surface area contributed by atoms with Crippen LogP contribution in [0.2, 0.25) is 0 Å². The summed E-state index contributed by atoms with van der Waals surface area (Å²) in [7, 11) is 0. The Kier molecular flexibility index (Phi) is 8.53. The van der Waals surface area contributed by atoms with Gasteiger partial charge in [0.25, 0.3) is 0 Å². The topological polar surface area (TPSA) is 9.86 Å². The van der Waals surface area contributed by atoms with Crippen LogP contribution in [0.1, 0.15) is 0 Å². The number of hydrogen-bond acceptors (Lipinski definition) is 0. The molecular formula is C60H40N2. The SMILES string of the molecule is c1ccc(-c2ccc(-n3c4ccccc4c4ccc(-c5ccc6c7ccccc7n(-c7ccc(-c8cc(-c9ccccc9)cc(-c9ccccc9)c8)cc7)c6c5)cc43)cc2)cc1. The van der Waals surface area contributed by atoms with Crippen molar-refractivity contribution in [1.82, 2.24) is 9.13 Å². The standard InChI is InChI=1S/C60H40N2/c1-4-14-41(15-5-1)44-24-30-51(31-25-44)61-57-22-12-10-20-53(57)55-34-28-46(39-59(55)61)47-29-35-56-54-21-11-13-23-58(54)62(60(56)40-47)52-32-26-45(27-33-52)50-37-48(42-16-6-2-7-17-42)36-49(38-50)43-18-8-3-9-19-43/h1-40H. The van der Waals surface area contributed by atoms with Gasteiger partial charge in [-0.15, -0.1) is 0 Å². The molecule has 2 heterocycles. The highest BCUT2D eigenvalue weighted by Crippen LogP contribution is 2.39. The zero-order valence-corrected chi connectivity index (χ0v) is 34.0. The molecule has 0 radical (unpaired) electrons.